The van der Waals surface area contributed by atoms with E-state index in [0.717, 1.165) is 80.4 Å². The summed E-state index contributed by atoms with van der Waals surface area (Å²) in [5.74, 6) is -0.0308. The van der Waals surface area contributed by atoms with Crippen LogP contribution in [0.1, 0.15) is 62.7 Å². The van der Waals surface area contributed by atoms with Crippen molar-refractivity contribution in [1.29, 1.82) is 0 Å². The van der Waals surface area contributed by atoms with Crippen LogP contribution < -0.4 is 0 Å². The van der Waals surface area contributed by atoms with Crippen molar-refractivity contribution in [2.45, 2.75) is 65.2 Å². The fourth-order valence-corrected chi connectivity index (χ4v) is 7.16. The molecule has 6 rings (SSSR count). The zero-order chi connectivity index (χ0) is 29.8. The third-order valence-electron chi connectivity index (χ3n) is 7.69. The van der Waals surface area contributed by atoms with Crippen LogP contribution in [0, 0.1) is 13.8 Å². The van der Waals surface area contributed by atoms with E-state index in [-0.39, 0.29) is 0 Å². The van der Waals surface area contributed by atoms with Crippen molar-refractivity contribution in [3.63, 3.8) is 0 Å². The third kappa shape index (κ3) is 5.44. The number of carbonyl (C=O) groups is 1. The van der Waals surface area contributed by atoms with Crippen LogP contribution in [0.25, 0.3) is 42.9 Å². The summed E-state index contributed by atoms with van der Waals surface area (Å²) in [6.45, 7) is 11.1. The highest BCUT2D eigenvalue weighted by Crippen LogP contribution is 2.44. The Morgan fingerprint density at radius 2 is 1.74 bits per heavy atom. The van der Waals surface area contributed by atoms with Crippen LogP contribution in [-0.4, -0.2) is 44.4 Å². The van der Waals surface area contributed by atoms with E-state index in [4.69, 9.17) is 31.0 Å². The summed E-state index contributed by atoms with van der Waals surface area (Å²) < 4.78 is 15.0. The van der Waals surface area contributed by atoms with Gasteiger partial charge in [0.15, 0.2) is 6.10 Å². The topological polar surface area (TPSA) is 86.5 Å². The molecule has 9 heteroatoms. The number of aromatic nitrogens is 3. The van der Waals surface area contributed by atoms with E-state index in [1.165, 1.54) is 0 Å². The number of aryl methyl sites for hydroxylation is 2. The molecule has 1 saturated heterocycles. The average Bonchev–Trinajstić information content (AvgIpc) is 3.51. The van der Waals surface area contributed by atoms with Gasteiger partial charge in [0.1, 0.15) is 10.8 Å². The van der Waals surface area contributed by atoms with E-state index in [2.05, 4.69) is 29.7 Å². The van der Waals surface area contributed by atoms with Crippen molar-refractivity contribution in [2.75, 3.05) is 13.2 Å². The quantitative estimate of drug-likeness (QED) is 0.209. The van der Waals surface area contributed by atoms with Gasteiger partial charge in [0.2, 0.25) is 0 Å². The predicted octanol–water partition coefficient (Wildman–Crippen LogP) is 8.54. The highest BCUT2D eigenvalue weighted by atomic mass is 35.5. The maximum atomic E-state index is 12.6. The summed E-state index contributed by atoms with van der Waals surface area (Å²) in [4.78, 5) is 22.6. The van der Waals surface area contributed by atoms with Crippen molar-refractivity contribution >= 4 is 50.2 Å². The highest BCUT2D eigenvalue weighted by molar-refractivity contribution is 7.22. The van der Waals surface area contributed by atoms with Gasteiger partial charge in [-0.25, -0.2) is 14.8 Å². The minimum absolute atomic E-state index is 0.354. The molecule has 0 bridgehead atoms. The number of benzene rings is 3. The Balaban J connectivity index is 1.55. The van der Waals surface area contributed by atoms with Gasteiger partial charge >= 0.3 is 5.97 Å². The van der Waals surface area contributed by atoms with Crippen LogP contribution in [0.5, 0.6) is 0 Å². The molecular formula is C33H34ClN3O4S. The fourth-order valence-electron chi connectivity index (χ4n) is 5.91. The lowest BCUT2D eigenvalue weighted by atomic mass is 9.91. The number of carboxylic acids is 1. The molecule has 1 atom stereocenters. The second-order valence-electron chi connectivity index (χ2n) is 11.9. The van der Waals surface area contributed by atoms with Gasteiger partial charge in [-0.05, 0) is 95.0 Å². The number of hydrogen-bond donors (Lipinski definition) is 1. The van der Waals surface area contributed by atoms with Crippen LogP contribution in [0.3, 0.4) is 0 Å². The van der Waals surface area contributed by atoms with E-state index in [9.17, 15) is 9.90 Å². The van der Waals surface area contributed by atoms with Gasteiger partial charge in [-0.3, -0.25) is 0 Å². The maximum absolute atomic E-state index is 12.6. The smallest absolute Gasteiger partial charge is 0.337 e. The number of aliphatic carboxylic acids is 1. The molecule has 0 amide bonds. The van der Waals surface area contributed by atoms with Gasteiger partial charge in [-0.1, -0.05) is 23.7 Å². The number of nitrogens with zero attached hydrogens (tertiary/aromatic N) is 3. The maximum Gasteiger partial charge on any atom is 0.337 e. The molecule has 0 radical (unpaired) electrons. The zero-order valence-electron chi connectivity index (χ0n) is 24.4. The normalized spacial score (nSPS) is 15.5. The molecule has 0 spiro atoms. The summed E-state index contributed by atoms with van der Waals surface area (Å²) in [5.41, 5.74) is 6.33. The SMILES string of the molecule is Cc1cc2nc(-c3ccc4nc(C)n(C5CCOCC5)c4c3)sc2c(-c2ccc(Cl)cc2)c1C(OC(C)(C)C)C(=O)O. The van der Waals surface area contributed by atoms with Gasteiger partial charge in [-0.15, -0.1) is 11.3 Å². The van der Waals surface area contributed by atoms with E-state index >= 15 is 0 Å². The average molecular weight is 604 g/mol. The first kappa shape index (κ1) is 28.8. The lowest BCUT2D eigenvalue weighted by Crippen LogP contribution is -2.28. The fraction of sp³-hybridized carbons (Fsp3) is 0.364. The second kappa shape index (κ2) is 11.1. The summed E-state index contributed by atoms with van der Waals surface area (Å²) in [5, 5.41) is 11.8. The number of imidazole rings is 1. The van der Waals surface area contributed by atoms with Crippen LogP contribution in [-0.2, 0) is 14.3 Å². The number of halogens is 1. The van der Waals surface area contributed by atoms with Gasteiger partial charge < -0.3 is 19.1 Å². The minimum Gasteiger partial charge on any atom is -0.479 e. The Labute approximate surface area is 254 Å². The van der Waals surface area contributed by atoms with E-state index in [1.807, 2.05) is 58.0 Å². The molecule has 1 N–H and O–H groups in total. The van der Waals surface area contributed by atoms with Gasteiger partial charge in [0.05, 0.1) is 26.9 Å². The Bertz CT molecular complexity index is 1800. The highest BCUT2D eigenvalue weighted by Gasteiger charge is 2.32. The van der Waals surface area contributed by atoms with E-state index in [1.54, 1.807) is 11.3 Å². The van der Waals surface area contributed by atoms with E-state index in [0.29, 0.717) is 16.6 Å². The van der Waals surface area contributed by atoms with Crippen molar-refractivity contribution in [1.82, 2.24) is 14.5 Å². The lowest BCUT2D eigenvalue weighted by molar-refractivity contribution is -0.160. The molecule has 1 aliphatic rings. The van der Waals surface area contributed by atoms with Crippen LogP contribution in [0.4, 0.5) is 0 Å². The summed E-state index contributed by atoms with van der Waals surface area (Å²) in [6.07, 6.45) is 0.774. The van der Waals surface area contributed by atoms with Gasteiger partial charge in [0, 0.05) is 41.0 Å². The summed E-state index contributed by atoms with van der Waals surface area (Å²) in [7, 11) is 0. The molecule has 7 nitrogen and oxygen atoms in total. The molecule has 0 saturated carbocycles. The van der Waals surface area contributed by atoms with Crippen LogP contribution in [0.15, 0.2) is 48.5 Å². The Morgan fingerprint density at radius 3 is 2.40 bits per heavy atom. The van der Waals surface area contributed by atoms with Crippen LogP contribution >= 0.6 is 22.9 Å². The number of hydrogen-bond acceptors (Lipinski definition) is 6. The summed E-state index contributed by atoms with van der Waals surface area (Å²) in [6, 6.07) is 16.1. The van der Waals surface area contributed by atoms with Crippen molar-refractivity contribution in [2.24, 2.45) is 0 Å². The molecule has 5 aromatic rings. The number of fused-ring (bicyclic) bond motifs is 2. The van der Waals surface area contributed by atoms with Crippen molar-refractivity contribution in [3.05, 3.63) is 70.5 Å². The minimum atomic E-state index is -1.15. The molecule has 0 aliphatic carbocycles. The molecule has 1 aliphatic heterocycles. The molecule has 42 heavy (non-hydrogen) atoms. The second-order valence-corrected chi connectivity index (χ2v) is 13.3. The molecule has 3 heterocycles. The number of thiazole rings is 1. The Kier molecular flexibility index (Phi) is 7.60. The largest absolute Gasteiger partial charge is 0.479 e. The number of carboxylic acid groups (broad SMARTS) is 1. The third-order valence-corrected chi connectivity index (χ3v) is 9.08. The number of ether oxygens (including phenoxy) is 2. The van der Waals surface area contributed by atoms with Gasteiger partial charge in [-0.2, -0.15) is 0 Å². The molecule has 3 aromatic carbocycles. The molecule has 1 fully saturated rings. The molecule has 1 unspecified atom stereocenters. The van der Waals surface area contributed by atoms with Gasteiger partial charge in [0.25, 0.3) is 0 Å². The predicted molar refractivity (Wildman–Crippen MR) is 169 cm³/mol. The number of rotatable bonds is 6. The first-order valence-corrected chi connectivity index (χ1v) is 15.4. The Morgan fingerprint density at radius 1 is 1.05 bits per heavy atom. The van der Waals surface area contributed by atoms with Crippen LogP contribution in [0.2, 0.25) is 5.02 Å². The Hall–Kier alpha value is -3.30. The molecular weight excluding hydrogens is 570 g/mol. The standard InChI is InChI=1S/C33H34ClN3O4S/c1-18-16-25-30(28(20-6-9-22(34)10-7-20)27(18)29(32(38)39)41-33(3,4)5)42-31(36-25)21-8-11-24-26(17-21)37(19(2)35-24)23-12-14-40-15-13-23/h6-11,16-17,23,29H,12-15H2,1-5H3,(H,38,39). The first-order chi connectivity index (χ1) is 20.0. The monoisotopic (exact) mass is 603 g/mol. The molecule has 218 valence electrons. The first-order valence-electron chi connectivity index (χ1n) is 14.2. The lowest BCUT2D eigenvalue weighted by Gasteiger charge is -2.28. The van der Waals surface area contributed by atoms with E-state index < -0.39 is 17.7 Å². The molecule has 2 aromatic heterocycles. The van der Waals surface area contributed by atoms with Crippen molar-refractivity contribution < 1.29 is 19.4 Å². The zero-order valence-corrected chi connectivity index (χ0v) is 26.0. The van der Waals surface area contributed by atoms with Crippen molar-refractivity contribution in [3.8, 4) is 21.7 Å². The summed E-state index contributed by atoms with van der Waals surface area (Å²) >= 11 is 7.81.